The summed E-state index contributed by atoms with van der Waals surface area (Å²) < 4.78 is 13.2. The molecule has 5 nitrogen and oxygen atoms in total. The third kappa shape index (κ3) is 3.39. The Morgan fingerprint density at radius 3 is 2.67 bits per heavy atom. The summed E-state index contributed by atoms with van der Waals surface area (Å²) in [5.41, 5.74) is 4.52. The van der Waals surface area contributed by atoms with Gasteiger partial charge in [-0.3, -0.25) is 10.1 Å². The third-order valence-corrected chi connectivity index (χ3v) is 6.03. The number of aromatic nitrogens is 4. The lowest BCUT2D eigenvalue weighted by Gasteiger charge is -2.35. The molecule has 2 aromatic heterocycles. The average Bonchev–Trinajstić information content (AvgIpc) is 3.21. The number of nitrogens with zero attached hydrogens (tertiary/aromatic N) is 4. The Labute approximate surface area is 169 Å². The number of aromatic amines is 1. The van der Waals surface area contributed by atoms with E-state index in [1.54, 1.807) is 24.5 Å². The molecule has 1 atom stereocenters. The van der Waals surface area contributed by atoms with Gasteiger partial charge in [-0.1, -0.05) is 18.2 Å². The number of fused-ring (bicyclic) bond motifs is 1. The second-order valence-corrected chi connectivity index (χ2v) is 8.54. The lowest BCUT2D eigenvalue weighted by atomic mass is 10.1. The zero-order valence-corrected chi connectivity index (χ0v) is 17.0. The summed E-state index contributed by atoms with van der Waals surface area (Å²) in [5.74, 6) is 0.472. The second kappa shape index (κ2) is 6.88. The van der Waals surface area contributed by atoms with E-state index in [0.717, 1.165) is 33.5 Å². The minimum atomic E-state index is -0.473. The van der Waals surface area contributed by atoms with Crippen molar-refractivity contribution in [1.29, 1.82) is 0 Å². The lowest BCUT2D eigenvalue weighted by Crippen LogP contribution is -2.36. The van der Waals surface area contributed by atoms with Crippen LogP contribution in [0.5, 0.6) is 0 Å². The molecular weight excluding hydrogens is 456 g/mol. The van der Waals surface area contributed by atoms with Crippen LogP contribution in [0.25, 0.3) is 22.2 Å². The predicted molar refractivity (Wildman–Crippen MR) is 113 cm³/mol. The molecule has 0 fully saturated rings. The van der Waals surface area contributed by atoms with Crippen molar-refractivity contribution in [3.63, 3.8) is 0 Å². The van der Waals surface area contributed by atoms with E-state index in [0.29, 0.717) is 0 Å². The van der Waals surface area contributed by atoms with Crippen molar-refractivity contribution >= 4 is 39.4 Å². The molecule has 0 aliphatic heterocycles. The molecule has 0 saturated heterocycles. The molecule has 0 bridgehead atoms. The normalized spacial score (nSPS) is 13.5. The topological polar surface area (TPSA) is 57.7 Å². The Morgan fingerprint density at radius 1 is 1.07 bits per heavy atom. The Morgan fingerprint density at radius 2 is 1.93 bits per heavy atom. The van der Waals surface area contributed by atoms with Crippen molar-refractivity contribution in [1.82, 2.24) is 20.2 Å². The molecule has 27 heavy (non-hydrogen) atoms. The van der Waals surface area contributed by atoms with Crippen molar-refractivity contribution in [2.45, 2.75) is 10.5 Å². The van der Waals surface area contributed by atoms with Gasteiger partial charge in [0, 0.05) is 18.8 Å². The minimum Gasteiger partial charge on any atom is -0.340 e. The van der Waals surface area contributed by atoms with Crippen LogP contribution in [-0.4, -0.2) is 27.2 Å². The fraction of sp³-hybridized carbons (Fsp3) is 0.150. The fourth-order valence-electron chi connectivity index (χ4n) is 2.93. The smallest absolute Gasteiger partial charge is 0.148 e. The minimum absolute atomic E-state index is 0.250. The van der Waals surface area contributed by atoms with Gasteiger partial charge in [-0.2, -0.15) is 5.10 Å². The molecule has 0 aliphatic rings. The molecule has 1 N–H and O–H groups in total. The first-order valence-electron chi connectivity index (χ1n) is 8.40. The van der Waals surface area contributed by atoms with E-state index in [1.807, 2.05) is 49.3 Å². The van der Waals surface area contributed by atoms with Crippen molar-refractivity contribution in [3.8, 4) is 11.1 Å². The molecule has 2 heterocycles. The molecule has 0 saturated carbocycles. The van der Waals surface area contributed by atoms with Crippen molar-refractivity contribution in [3.05, 3.63) is 72.4 Å². The molecule has 4 aromatic rings. The van der Waals surface area contributed by atoms with Gasteiger partial charge in [0.1, 0.15) is 15.2 Å². The number of halogens is 2. The molecule has 2 aromatic carbocycles. The van der Waals surface area contributed by atoms with E-state index in [9.17, 15) is 4.39 Å². The lowest BCUT2D eigenvalue weighted by molar-refractivity contribution is 0.616. The summed E-state index contributed by atoms with van der Waals surface area (Å²) in [7, 11) is 1.94. The molecule has 136 valence electrons. The Kier molecular flexibility index (Phi) is 4.55. The number of benzene rings is 2. The standard InChI is InChI=1S/C20H17FIN5/c1-20(22,15-4-3-5-16(21)9-15)27(2)19-12-23-18-8-13(6-7-17(18)26-19)14-10-24-25-11-14/h3-12H,1-2H3,(H,24,25)/t20-/m0/s1. The van der Waals surface area contributed by atoms with Crippen LogP contribution in [-0.2, 0) is 3.55 Å². The summed E-state index contributed by atoms with van der Waals surface area (Å²) in [6.07, 6.45) is 5.37. The molecule has 0 spiro atoms. The predicted octanol–water partition coefficient (Wildman–Crippen LogP) is 4.90. The summed E-state index contributed by atoms with van der Waals surface area (Å²) >= 11 is 2.30. The van der Waals surface area contributed by atoms with E-state index in [1.165, 1.54) is 6.07 Å². The maximum Gasteiger partial charge on any atom is 0.148 e. The molecule has 0 radical (unpaired) electrons. The van der Waals surface area contributed by atoms with E-state index < -0.39 is 3.55 Å². The Balaban J connectivity index is 1.70. The largest absolute Gasteiger partial charge is 0.340 e. The number of hydrogen-bond donors (Lipinski definition) is 1. The van der Waals surface area contributed by atoms with Gasteiger partial charge in [0.2, 0.25) is 0 Å². The summed E-state index contributed by atoms with van der Waals surface area (Å²) in [5, 5.41) is 6.80. The number of alkyl halides is 1. The third-order valence-electron chi connectivity index (χ3n) is 4.69. The van der Waals surface area contributed by atoms with E-state index in [2.05, 4.69) is 37.8 Å². The Bertz CT molecular complexity index is 1090. The molecule has 7 heteroatoms. The van der Waals surface area contributed by atoms with Gasteiger partial charge in [0.05, 0.1) is 23.4 Å². The highest BCUT2D eigenvalue weighted by Gasteiger charge is 2.29. The highest BCUT2D eigenvalue weighted by atomic mass is 127. The van der Waals surface area contributed by atoms with Gasteiger partial charge < -0.3 is 4.90 Å². The van der Waals surface area contributed by atoms with Gasteiger partial charge >= 0.3 is 0 Å². The van der Waals surface area contributed by atoms with Gasteiger partial charge in [0.15, 0.2) is 0 Å². The van der Waals surface area contributed by atoms with Gasteiger partial charge in [-0.05, 0) is 64.9 Å². The van der Waals surface area contributed by atoms with Crippen LogP contribution in [0.15, 0.2) is 61.1 Å². The highest BCUT2D eigenvalue weighted by Crippen LogP contribution is 2.37. The maximum atomic E-state index is 13.7. The van der Waals surface area contributed by atoms with Crippen LogP contribution in [0, 0.1) is 5.82 Å². The van der Waals surface area contributed by atoms with Crippen LogP contribution < -0.4 is 4.90 Å². The molecule has 4 rings (SSSR count). The quantitative estimate of drug-likeness (QED) is 0.260. The second-order valence-electron chi connectivity index (χ2n) is 6.44. The number of rotatable bonds is 4. The zero-order valence-electron chi connectivity index (χ0n) is 14.8. The molecule has 0 unspecified atom stereocenters. The van der Waals surface area contributed by atoms with Gasteiger partial charge in [0.25, 0.3) is 0 Å². The summed E-state index contributed by atoms with van der Waals surface area (Å²) in [6.45, 7) is 2.02. The van der Waals surface area contributed by atoms with Crippen LogP contribution in [0.3, 0.4) is 0 Å². The van der Waals surface area contributed by atoms with E-state index >= 15 is 0 Å². The zero-order chi connectivity index (χ0) is 19.0. The number of hydrogen-bond acceptors (Lipinski definition) is 4. The van der Waals surface area contributed by atoms with Crippen molar-refractivity contribution < 1.29 is 4.39 Å². The number of H-pyrrole nitrogens is 1. The van der Waals surface area contributed by atoms with Gasteiger partial charge in [-0.25, -0.2) is 9.37 Å². The average molecular weight is 473 g/mol. The fourth-order valence-corrected chi connectivity index (χ4v) is 3.51. The van der Waals surface area contributed by atoms with Crippen LogP contribution in [0.2, 0.25) is 0 Å². The summed E-state index contributed by atoms with van der Waals surface area (Å²) in [6, 6.07) is 12.6. The van der Waals surface area contributed by atoms with Crippen molar-refractivity contribution in [2.24, 2.45) is 0 Å². The molecular formula is C20H17FIN5. The first kappa shape index (κ1) is 17.8. The highest BCUT2D eigenvalue weighted by molar-refractivity contribution is 14.1. The maximum absolute atomic E-state index is 13.7. The van der Waals surface area contributed by atoms with Crippen LogP contribution >= 0.6 is 22.6 Å². The number of nitrogens with one attached hydrogen (secondary N) is 1. The molecule has 0 aliphatic carbocycles. The Hall–Kier alpha value is -2.55. The van der Waals surface area contributed by atoms with E-state index in [-0.39, 0.29) is 5.82 Å². The van der Waals surface area contributed by atoms with Gasteiger partial charge in [-0.15, -0.1) is 0 Å². The van der Waals surface area contributed by atoms with Crippen LogP contribution in [0.4, 0.5) is 10.2 Å². The first-order valence-corrected chi connectivity index (χ1v) is 9.48. The summed E-state index contributed by atoms with van der Waals surface area (Å²) in [4.78, 5) is 11.3. The monoisotopic (exact) mass is 473 g/mol. The van der Waals surface area contributed by atoms with Crippen molar-refractivity contribution in [2.75, 3.05) is 11.9 Å². The first-order chi connectivity index (χ1) is 12.9. The van der Waals surface area contributed by atoms with E-state index in [4.69, 9.17) is 4.98 Å². The number of anilines is 1. The molecule has 0 amide bonds. The SMILES string of the molecule is CN(c1cnc2cc(-c3cn[nH]c3)ccc2n1)[C@](C)(I)c1cccc(F)c1. The van der Waals surface area contributed by atoms with Crippen LogP contribution in [0.1, 0.15) is 12.5 Å².